The number of rotatable bonds is 3. The van der Waals surface area contributed by atoms with E-state index >= 15 is 0 Å². The van der Waals surface area contributed by atoms with Gasteiger partial charge in [-0.1, -0.05) is 6.92 Å². The molecule has 2 heterocycles. The van der Waals surface area contributed by atoms with E-state index in [0.29, 0.717) is 11.6 Å². The molecule has 0 atom stereocenters. The molecule has 2 rings (SSSR count). The van der Waals surface area contributed by atoms with Gasteiger partial charge in [0, 0.05) is 17.3 Å². The van der Waals surface area contributed by atoms with Crippen molar-refractivity contribution in [2.24, 2.45) is 0 Å². The summed E-state index contributed by atoms with van der Waals surface area (Å²) in [6.45, 7) is 1.93. The lowest BCUT2D eigenvalue weighted by molar-refractivity contribution is 0.0690. The fraction of sp³-hybridized carbons (Fsp3) is 0.200. The van der Waals surface area contributed by atoms with E-state index in [1.807, 2.05) is 36.0 Å². The van der Waals surface area contributed by atoms with Crippen LogP contribution in [0.1, 0.15) is 22.3 Å². The minimum absolute atomic E-state index is 0.172. The molecule has 0 spiro atoms. The van der Waals surface area contributed by atoms with E-state index in [0.717, 1.165) is 4.88 Å². The van der Waals surface area contributed by atoms with Gasteiger partial charge in [-0.3, -0.25) is 0 Å². The number of hydrogen-bond acceptors (Lipinski definition) is 3. The zero-order chi connectivity index (χ0) is 10.8. The molecule has 0 saturated carbocycles. The van der Waals surface area contributed by atoms with Crippen LogP contribution >= 0.6 is 11.3 Å². The first-order chi connectivity index (χ1) is 7.22. The molecule has 0 aliphatic rings. The maximum absolute atomic E-state index is 10.9. The van der Waals surface area contributed by atoms with Crippen LogP contribution in [0, 0.1) is 0 Å². The van der Waals surface area contributed by atoms with E-state index in [9.17, 15) is 4.79 Å². The molecule has 5 heteroatoms. The summed E-state index contributed by atoms with van der Waals surface area (Å²) in [6.07, 6.45) is 4.40. The monoisotopic (exact) mass is 222 g/mol. The second-order valence-corrected chi connectivity index (χ2v) is 4.08. The summed E-state index contributed by atoms with van der Waals surface area (Å²) in [4.78, 5) is 15.8. The highest BCUT2D eigenvalue weighted by Crippen LogP contribution is 2.22. The van der Waals surface area contributed by atoms with Crippen molar-refractivity contribution in [2.45, 2.75) is 13.3 Å². The fourth-order valence-electron chi connectivity index (χ4n) is 1.32. The van der Waals surface area contributed by atoms with Crippen LogP contribution < -0.4 is 0 Å². The number of carboxylic acid groups (broad SMARTS) is 1. The van der Waals surface area contributed by atoms with Gasteiger partial charge in [0.25, 0.3) is 0 Å². The Labute approximate surface area is 90.8 Å². The van der Waals surface area contributed by atoms with Crippen molar-refractivity contribution in [2.75, 3.05) is 0 Å². The number of carbonyl (C=O) groups is 1. The van der Waals surface area contributed by atoms with Crippen LogP contribution in [0.5, 0.6) is 0 Å². The SMILES string of the molecule is CCc1sc(-n2cccc2)nc1C(=O)O. The van der Waals surface area contributed by atoms with Crippen molar-refractivity contribution in [3.63, 3.8) is 0 Å². The molecule has 0 fully saturated rings. The predicted molar refractivity (Wildman–Crippen MR) is 57.8 cm³/mol. The van der Waals surface area contributed by atoms with Crippen molar-refractivity contribution < 1.29 is 9.90 Å². The number of carboxylic acids is 1. The first kappa shape index (κ1) is 9.92. The van der Waals surface area contributed by atoms with Crippen LogP contribution in [0.2, 0.25) is 0 Å². The standard InChI is InChI=1S/C10H10N2O2S/c1-2-7-8(9(13)14)11-10(15-7)12-5-3-4-6-12/h3-6H,2H2,1H3,(H,13,14). The lowest BCUT2D eigenvalue weighted by Crippen LogP contribution is -2.00. The van der Waals surface area contributed by atoms with E-state index in [1.54, 1.807) is 0 Å². The van der Waals surface area contributed by atoms with E-state index in [1.165, 1.54) is 11.3 Å². The number of aromatic nitrogens is 2. The molecular formula is C10H10N2O2S. The Balaban J connectivity index is 2.48. The molecule has 0 aliphatic heterocycles. The molecule has 78 valence electrons. The maximum atomic E-state index is 10.9. The molecule has 0 bridgehead atoms. The van der Waals surface area contributed by atoms with Gasteiger partial charge in [-0.2, -0.15) is 0 Å². The molecule has 15 heavy (non-hydrogen) atoms. The van der Waals surface area contributed by atoms with E-state index in [4.69, 9.17) is 5.11 Å². The van der Waals surface area contributed by atoms with Crippen molar-refractivity contribution in [1.29, 1.82) is 0 Å². The third kappa shape index (κ3) is 1.78. The molecule has 4 nitrogen and oxygen atoms in total. The fourth-order valence-corrected chi connectivity index (χ4v) is 2.28. The predicted octanol–water partition coefficient (Wildman–Crippen LogP) is 2.19. The summed E-state index contributed by atoms with van der Waals surface area (Å²) >= 11 is 1.42. The minimum atomic E-state index is -0.957. The number of hydrogen-bond donors (Lipinski definition) is 1. The topological polar surface area (TPSA) is 55.1 Å². The molecule has 2 aromatic heterocycles. The van der Waals surface area contributed by atoms with E-state index in [2.05, 4.69) is 4.98 Å². The van der Waals surface area contributed by atoms with Gasteiger partial charge in [-0.25, -0.2) is 9.78 Å². The van der Waals surface area contributed by atoms with Gasteiger partial charge in [0.1, 0.15) is 0 Å². The van der Waals surface area contributed by atoms with Crippen LogP contribution in [0.25, 0.3) is 5.13 Å². The van der Waals surface area contributed by atoms with Crippen molar-refractivity contribution in [1.82, 2.24) is 9.55 Å². The average Bonchev–Trinajstić information content (AvgIpc) is 2.86. The van der Waals surface area contributed by atoms with E-state index < -0.39 is 5.97 Å². The van der Waals surface area contributed by atoms with Gasteiger partial charge in [-0.05, 0) is 18.6 Å². The number of thiazole rings is 1. The number of aryl methyl sites for hydroxylation is 1. The molecular weight excluding hydrogens is 212 g/mol. The largest absolute Gasteiger partial charge is 0.476 e. The quantitative estimate of drug-likeness (QED) is 0.866. The lowest BCUT2D eigenvalue weighted by atomic mass is 10.3. The summed E-state index contributed by atoms with van der Waals surface area (Å²) in [5.74, 6) is -0.957. The summed E-state index contributed by atoms with van der Waals surface area (Å²) in [7, 11) is 0. The second-order valence-electron chi connectivity index (χ2n) is 3.02. The number of aromatic carboxylic acids is 1. The lowest BCUT2D eigenvalue weighted by Gasteiger charge is -1.92. The first-order valence-corrected chi connectivity index (χ1v) is 5.40. The first-order valence-electron chi connectivity index (χ1n) is 4.58. The Bertz CT molecular complexity index is 474. The van der Waals surface area contributed by atoms with Crippen LogP contribution in [0.3, 0.4) is 0 Å². The Morgan fingerprint density at radius 2 is 2.20 bits per heavy atom. The zero-order valence-corrected chi connectivity index (χ0v) is 8.99. The van der Waals surface area contributed by atoms with Gasteiger partial charge in [0.15, 0.2) is 10.8 Å². The Kier molecular flexibility index (Phi) is 2.55. The average molecular weight is 222 g/mol. The summed E-state index contributed by atoms with van der Waals surface area (Å²) < 4.78 is 1.82. The Morgan fingerprint density at radius 3 is 2.67 bits per heavy atom. The van der Waals surface area contributed by atoms with Gasteiger partial charge >= 0.3 is 5.97 Å². The van der Waals surface area contributed by atoms with Crippen LogP contribution in [-0.4, -0.2) is 20.6 Å². The van der Waals surface area contributed by atoms with Gasteiger partial charge in [0.05, 0.1) is 0 Å². The molecule has 1 N–H and O–H groups in total. The van der Waals surface area contributed by atoms with Gasteiger partial charge in [0.2, 0.25) is 0 Å². The molecule has 2 aromatic rings. The third-order valence-corrected chi connectivity index (χ3v) is 3.25. The maximum Gasteiger partial charge on any atom is 0.355 e. The van der Waals surface area contributed by atoms with Crippen LogP contribution in [0.15, 0.2) is 24.5 Å². The second kappa shape index (κ2) is 3.86. The van der Waals surface area contributed by atoms with Gasteiger partial charge < -0.3 is 9.67 Å². The van der Waals surface area contributed by atoms with Crippen molar-refractivity contribution in [3.05, 3.63) is 35.1 Å². The zero-order valence-electron chi connectivity index (χ0n) is 8.17. The van der Waals surface area contributed by atoms with Crippen LogP contribution in [-0.2, 0) is 6.42 Å². The highest BCUT2D eigenvalue weighted by molar-refractivity contribution is 7.14. The van der Waals surface area contributed by atoms with E-state index in [-0.39, 0.29) is 5.69 Å². The highest BCUT2D eigenvalue weighted by Gasteiger charge is 2.16. The molecule has 0 aliphatic carbocycles. The van der Waals surface area contributed by atoms with Crippen molar-refractivity contribution >= 4 is 17.3 Å². The number of nitrogens with zero attached hydrogens (tertiary/aromatic N) is 2. The summed E-state index contributed by atoms with van der Waals surface area (Å²) in [5.41, 5.74) is 0.172. The summed E-state index contributed by atoms with van der Waals surface area (Å²) in [5, 5.41) is 9.65. The molecule has 0 saturated heterocycles. The van der Waals surface area contributed by atoms with Crippen molar-refractivity contribution in [3.8, 4) is 5.13 Å². The van der Waals surface area contributed by atoms with Gasteiger partial charge in [-0.15, -0.1) is 11.3 Å². The molecule has 0 aromatic carbocycles. The molecule has 0 amide bonds. The third-order valence-electron chi connectivity index (χ3n) is 2.04. The normalized spacial score (nSPS) is 10.5. The Morgan fingerprint density at radius 1 is 1.53 bits per heavy atom. The highest BCUT2D eigenvalue weighted by atomic mass is 32.1. The summed E-state index contributed by atoms with van der Waals surface area (Å²) in [6, 6.07) is 3.76. The smallest absolute Gasteiger partial charge is 0.355 e. The Hall–Kier alpha value is -1.62. The molecule has 0 radical (unpaired) electrons. The minimum Gasteiger partial charge on any atom is -0.476 e. The van der Waals surface area contributed by atoms with Crippen LogP contribution in [0.4, 0.5) is 0 Å². The molecule has 0 unspecified atom stereocenters.